The Hall–Kier alpha value is -1.62. The molecule has 0 heterocycles. The van der Waals surface area contributed by atoms with Gasteiger partial charge in [-0.2, -0.15) is 0 Å². The Bertz CT molecular complexity index is 524. The zero-order chi connectivity index (χ0) is 14.7. The van der Waals surface area contributed by atoms with Crippen LogP contribution < -0.4 is 0 Å². The van der Waals surface area contributed by atoms with E-state index in [0.717, 1.165) is 25.7 Å². The van der Waals surface area contributed by atoms with Crippen LogP contribution >= 0.6 is 11.6 Å². The third-order valence-electron chi connectivity index (χ3n) is 3.63. The van der Waals surface area contributed by atoms with Gasteiger partial charge in [-0.1, -0.05) is 24.6 Å². The Morgan fingerprint density at radius 2 is 2.00 bits per heavy atom. The molecular weight excluding hydrogens is 282 g/mol. The number of carbonyl (C=O) groups is 1. The fraction of sp³-hybridized carbons (Fsp3) is 0.500. The number of hydrogen-bond donors (Lipinski definition) is 0. The van der Waals surface area contributed by atoms with Crippen LogP contribution in [0, 0.1) is 16.0 Å². The number of hydrogen-bond acceptors (Lipinski definition) is 4. The van der Waals surface area contributed by atoms with Gasteiger partial charge in [0.2, 0.25) is 0 Å². The summed E-state index contributed by atoms with van der Waals surface area (Å²) in [7, 11) is 0. The summed E-state index contributed by atoms with van der Waals surface area (Å²) in [4.78, 5) is 22.2. The molecule has 5 nitrogen and oxygen atoms in total. The molecule has 6 heteroatoms. The van der Waals surface area contributed by atoms with Crippen LogP contribution in [0.2, 0.25) is 5.02 Å². The van der Waals surface area contributed by atoms with E-state index in [2.05, 4.69) is 6.92 Å². The third-order valence-corrected chi connectivity index (χ3v) is 4.03. The number of esters is 1. The zero-order valence-electron chi connectivity index (χ0n) is 11.2. The predicted octanol–water partition coefficient (Wildman–Crippen LogP) is 3.98. The topological polar surface area (TPSA) is 69.4 Å². The van der Waals surface area contributed by atoms with Crippen molar-refractivity contribution in [1.29, 1.82) is 0 Å². The average Bonchev–Trinajstić information content (AvgIpc) is 2.41. The Kier molecular flexibility index (Phi) is 4.60. The molecule has 0 amide bonds. The molecule has 0 saturated heterocycles. The molecule has 0 unspecified atom stereocenters. The summed E-state index contributed by atoms with van der Waals surface area (Å²) in [6.07, 6.45) is 3.61. The van der Waals surface area contributed by atoms with Crippen LogP contribution in [0.1, 0.15) is 43.0 Å². The van der Waals surface area contributed by atoms with E-state index in [1.54, 1.807) is 0 Å². The molecule has 1 aromatic carbocycles. The van der Waals surface area contributed by atoms with E-state index < -0.39 is 10.9 Å². The van der Waals surface area contributed by atoms with Crippen molar-refractivity contribution in [2.24, 2.45) is 5.92 Å². The molecule has 0 bridgehead atoms. The van der Waals surface area contributed by atoms with Crippen molar-refractivity contribution in [3.05, 3.63) is 38.9 Å². The molecule has 1 aliphatic carbocycles. The van der Waals surface area contributed by atoms with E-state index in [9.17, 15) is 14.9 Å². The first-order valence-electron chi connectivity index (χ1n) is 6.63. The second-order valence-electron chi connectivity index (χ2n) is 5.18. The molecule has 0 radical (unpaired) electrons. The van der Waals surface area contributed by atoms with Crippen LogP contribution in [0.4, 0.5) is 5.69 Å². The third kappa shape index (κ3) is 3.28. The van der Waals surface area contributed by atoms with E-state index in [-0.39, 0.29) is 22.4 Å². The smallest absolute Gasteiger partial charge is 0.340 e. The standard InChI is InChI=1S/C14H16ClNO4/c1-9-5-7-10(8-6-9)20-14(17)11-3-2-4-12(13(11)15)16(18)19/h2-4,9-10H,5-8H2,1H3. The lowest BCUT2D eigenvalue weighted by Gasteiger charge is -2.26. The van der Waals surface area contributed by atoms with Crippen molar-refractivity contribution in [3.8, 4) is 0 Å². The van der Waals surface area contributed by atoms with Gasteiger partial charge in [-0.05, 0) is 37.7 Å². The van der Waals surface area contributed by atoms with E-state index in [1.165, 1.54) is 18.2 Å². The fourth-order valence-electron chi connectivity index (χ4n) is 2.38. The number of nitro benzene ring substituents is 1. The Morgan fingerprint density at radius 3 is 2.60 bits per heavy atom. The summed E-state index contributed by atoms with van der Waals surface area (Å²) in [5.74, 6) is 0.0737. The van der Waals surface area contributed by atoms with Gasteiger partial charge in [0.15, 0.2) is 0 Å². The van der Waals surface area contributed by atoms with Gasteiger partial charge in [0.1, 0.15) is 11.1 Å². The van der Waals surface area contributed by atoms with Crippen LogP contribution in [0.5, 0.6) is 0 Å². The van der Waals surface area contributed by atoms with Crippen LogP contribution in [-0.2, 0) is 4.74 Å². The van der Waals surface area contributed by atoms with Crippen molar-refractivity contribution in [3.63, 3.8) is 0 Å². The van der Waals surface area contributed by atoms with Gasteiger partial charge in [-0.25, -0.2) is 4.79 Å². The highest BCUT2D eigenvalue weighted by atomic mass is 35.5. The van der Waals surface area contributed by atoms with Gasteiger partial charge in [-0.3, -0.25) is 10.1 Å². The molecule has 0 N–H and O–H groups in total. The fourth-order valence-corrected chi connectivity index (χ4v) is 2.65. The van der Waals surface area contributed by atoms with Crippen LogP contribution in [-0.4, -0.2) is 17.0 Å². The van der Waals surface area contributed by atoms with Crippen LogP contribution in [0.15, 0.2) is 18.2 Å². The largest absolute Gasteiger partial charge is 0.459 e. The molecule has 1 aliphatic rings. The van der Waals surface area contributed by atoms with E-state index in [0.29, 0.717) is 5.92 Å². The normalized spacial score (nSPS) is 22.3. The molecule has 1 saturated carbocycles. The van der Waals surface area contributed by atoms with Crippen molar-refractivity contribution in [2.45, 2.75) is 38.7 Å². The zero-order valence-corrected chi connectivity index (χ0v) is 11.9. The molecule has 20 heavy (non-hydrogen) atoms. The maximum absolute atomic E-state index is 12.1. The van der Waals surface area contributed by atoms with Crippen molar-refractivity contribution in [2.75, 3.05) is 0 Å². The molecule has 2 rings (SSSR count). The first-order valence-corrected chi connectivity index (χ1v) is 7.00. The molecule has 0 aromatic heterocycles. The van der Waals surface area contributed by atoms with Gasteiger partial charge in [-0.15, -0.1) is 0 Å². The maximum Gasteiger partial charge on any atom is 0.340 e. The number of ether oxygens (including phenoxy) is 1. The monoisotopic (exact) mass is 297 g/mol. The summed E-state index contributed by atoms with van der Waals surface area (Å²) in [6.45, 7) is 2.18. The predicted molar refractivity (Wildman–Crippen MR) is 74.9 cm³/mol. The Morgan fingerprint density at radius 1 is 1.35 bits per heavy atom. The molecule has 0 aliphatic heterocycles. The minimum atomic E-state index is -0.610. The summed E-state index contributed by atoms with van der Waals surface area (Å²) < 4.78 is 5.40. The van der Waals surface area contributed by atoms with Crippen molar-refractivity contribution in [1.82, 2.24) is 0 Å². The minimum absolute atomic E-state index is 0.0551. The van der Waals surface area contributed by atoms with Crippen LogP contribution in [0.25, 0.3) is 0 Å². The molecule has 0 atom stereocenters. The van der Waals surface area contributed by atoms with Gasteiger partial charge in [0, 0.05) is 6.07 Å². The lowest BCUT2D eigenvalue weighted by atomic mass is 9.89. The first-order chi connectivity index (χ1) is 9.49. The highest BCUT2D eigenvalue weighted by Gasteiger charge is 2.25. The Labute approximate surface area is 122 Å². The van der Waals surface area contributed by atoms with Crippen molar-refractivity contribution < 1.29 is 14.5 Å². The maximum atomic E-state index is 12.1. The molecular formula is C14H16ClNO4. The molecule has 1 fully saturated rings. The molecule has 0 spiro atoms. The average molecular weight is 298 g/mol. The number of rotatable bonds is 3. The van der Waals surface area contributed by atoms with E-state index >= 15 is 0 Å². The van der Waals surface area contributed by atoms with Gasteiger partial charge in [0.25, 0.3) is 5.69 Å². The second kappa shape index (κ2) is 6.22. The number of halogens is 1. The number of nitrogens with zero attached hydrogens (tertiary/aromatic N) is 1. The lowest BCUT2D eigenvalue weighted by molar-refractivity contribution is -0.384. The molecule has 108 valence electrons. The van der Waals surface area contributed by atoms with Gasteiger partial charge < -0.3 is 4.74 Å². The van der Waals surface area contributed by atoms with Crippen LogP contribution in [0.3, 0.4) is 0 Å². The summed E-state index contributed by atoms with van der Waals surface area (Å²) in [5, 5.41) is 10.6. The van der Waals surface area contributed by atoms with Crippen molar-refractivity contribution >= 4 is 23.3 Å². The summed E-state index contributed by atoms with van der Waals surface area (Å²) in [5.41, 5.74) is -0.224. The first kappa shape index (κ1) is 14.8. The minimum Gasteiger partial charge on any atom is -0.459 e. The number of benzene rings is 1. The molecule has 1 aromatic rings. The highest BCUT2D eigenvalue weighted by Crippen LogP contribution is 2.30. The number of nitro groups is 1. The summed E-state index contributed by atoms with van der Waals surface area (Å²) in [6, 6.07) is 4.15. The van der Waals surface area contributed by atoms with E-state index in [4.69, 9.17) is 16.3 Å². The van der Waals surface area contributed by atoms with E-state index in [1.807, 2.05) is 0 Å². The highest BCUT2D eigenvalue weighted by molar-refractivity contribution is 6.35. The second-order valence-corrected chi connectivity index (χ2v) is 5.56. The number of carbonyl (C=O) groups excluding carboxylic acids is 1. The van der Waals surface area contributed by atoms with Gasteiger partial charge >= 0.3 is 5.97 Å². The Balaban J connectivity index is 2.10. The van der Waals surface area contributed by atoms with Gasteiger partial charge in [0.05, 0.1) is 10.5 Å². The quantitative estimate of drug-likeness (QED) is 0.480. The summed E-state index contributed by atoms with van der Waals surface area (Å²) >= 11 is 5.90. The SMILES string of the molecule is CC1CCC(OC(=O)c2cccc([N+](=O)[O-])c2Cl)CC1. The lowest BCUT2D eigenvalue weighted by Crippen LogP contribution is -2.23.